The van der Waals surface area contributed by atoms with E-state index in [0.717, 1.165) is 43.7 Å². The maximum Gasteiger partial charge on any atom is 0.123 e. The Morgan fingerprint density at radius 1 is 0.966 bits per heavy atom. The number of unbranched alkanes of at least 4 members (excludes halogenated alkanes) is 1. The fourth-order valence-corrected chi connectivity index (χ4v) is 4.00. The molecule has 0 aromatic heterocycles. The Balaban J connectivity index is 2.39. The molecule has 3 nitrogen and oxygen atoms in total. The molecular weight excluding hydrogens is 358 g/mol. The first-order valence-corrected chi connectivity index (χ1v) is 11.1. The van der Waals surface area contributed by atoms with Crippen LogP contribution in [0.1, 0.15) is 76.5 Å². The molecule has 0 fully saturated rings. The summed E-state index contributed by atoms with van der Waals surface area (Å²) in [6, 6.07) is 17.9. The SMILES string of the molecule is CCCCOc1ccc(CO)cc1[C@H](CCN(C(C)C)C(C)C)c1ccccc1. The summed E-state index contributed by atoms with van der Waals surface area (Å²) in [5.41, 5.74) is 3.43. The van der Waals surface area contributed by atoms with Crippen molar-refractivity contribution in [2.24, 2.45) is 0 Å². The Morgan fingerprint density at radius 2 is 1.66 bits per heavy atom. The van der Waals surface area contributed by atoms with Crippen molar-refractivity contribution in [3.8, 4) is 5.75 Å². The summed E-state index contributed by atoms with van der Waals surface area (Å²) in [5.74, 6) is 1.18. The smallest absolute Gasteiger partial charge is 0.123 e. The lowest BCUT2D eigenvalue weighted by Gasteiger charge is -2.32. The second kappa shape index (κ2) is 12.0. The number of hydrogen-bond acceptors (Lipinski definition) is 3. The van der Waals surface area contributed by atoms with Crippen molar-refractivity contribution in [1.29, 1.82) is 0 Å². The van der Waals surface area contributed by atoms with Gasteiger partial charge in [0.15, 0.2) is 0 Å². The van der Waals surface area contributed by atoms with E-state index in [1.54, 1.807) is 0 Å². The first-order chi connectivity index (χ1) is 14.0. The van der Waals surface area contributed by atoms with Crippen LogP contribution in [0, 0.1) is 0 Å². The summed E-state index contributed by atoms with van der Waals surface area (Å²) in [6.45, 7) is 13.0. The minimum Gasteiger partial charge on any atom is -0.493 e. The van der Waals surface area contributed by atoms with Gasteiger partial charge in [0.1, 0.15) is 5.75 Å². The topological polar surface area (TPSA) is 32.7 Å². The monoisotopic (exact) mass is 397 g/mol. The van der Waals surface area contributed by atoms with E-state index in [2.05, 4.69) is 75.9 Å². The van der Waals surface area contributed by atoms with Gasteiger partial charge in [-0.1, -0.05) is 49.7 Å². The minimum absolute atomic E-state index is 0.0495. The molecule has 0 aliphatic carbocycles. The van der Waals surface area contributed by atoms with Crippen molar-refractivity contribution in [2.45, 2.75) is 78.5 Å². The Kier molecular flexibility index (Phi) is 9.69. The Bertz CT molecular complexity index is 704. The molecule has 0 heterocycles. The molecule has 1 atom stereocenters. The third-order valence-corrected chi connectivity index (χ3v) is 5.59. The molecule has 0 aliphatic rings. The van der Waals surface area contributed by atoms with E-state index in [9.17, 15) is 5.11 Å². The first kappa shape index (κ1) is 23.4. The summed E-state index contributed by atoms with van der Waals surface area (Å²) in [4.78, 5) is 2.55. The number of aliphatic hydroxyl groups is 1. The van der Waals surface area contributed by atoms with E-state index >= 15 is 0 Å². The third-order valence-electron chi connectivity index (χ3n) is 5.59. The molecular formula is C26H39NO2. The van der Waals surface area contributed by atoms with Gasteiger partial charge in [-0.3, -0.25) is 4.90 Å². The van der Waals surface area contributed by atoms with Crippen LogP contribution >= 0.6 is 0 Å². The molecule has 0 amide bonds. The summed E-state index contributed by atoms with van der Waals surface area (Å²) in [7, 11) is 0. The quantitative estimate of drug-likeness (QED) is 0.446. The van der Waals surface area contributed by atoms with Crippen LogP contribution in [0.15, 0.2) is 48.5 Å². The maximum atomic E-state index is 9.73. The van der Waals surface area contributed by atoms with Gasteiger partial charge in [0.25, 0.3) is 0 Å². The lowest BCUT2D eigenvalue weighted by molar-refractivity contribution is 0.170. The highest BCUT2D eigenvalue weighted by Crippen LogP contribution is 2.36. The molecule has 29 heavy (non-hydrogen) atoms. The number of hydrogen-bond donors (Lipinski definition) is 1. The molecule has 0 spiro atoms. The standard InChI is InChI=1S/C26H39NO2/c1-6-7-17-29-26-14-13-22(19-28)18-25(26)24(23-11-9-8-10-12-23)15-16-27(20(2)3)21(4)5/h8-14,18,20-21,24,28H,6-7,15-17,19H2,1-5H3/t24-/m1/s1. The largest absolute Gasteiger partial charge is 0.493 e. The molecule has 160 valence electrons. The molecule has 0 aliphatic heterocycles. The summed E-state index contributed by atoms with van der Waals surface area (Å²) in [5, 5.41) is 9.73. The van der Waals surface area contributed by atoms with Gasteiger partial charge in [-0.05, 0) is 70.3 Å². The van der Waals surface area contributed by atoms with Crippen molar-refractivity contribution >= 4 is 0 Å². The van der Waals surface area contributed by atoms with Crippen molar-refractivity contribution < 1.29 is 9.84 Å². The van der Waals surface area contributed by atoms with Gasteiger partial charge >= 0.3 is 0 Å². The molecule has 2 rings (SSSR count). The lowest BCUT2D eigenvalue weighted by Crippen LogP contribution is -2.38. The second-order valence-electron chi connectivity index (χ2n) is 8.41. The third kappa shape index (κ3) is 6.87. The van der Waals surface area contributed by atoms with E-state index in [1.165, 1.54) is 11.1 Å². The van der Waals surface area contributed by atoms with Gasteiger partial charge in [0, 0.05) is 23.6 Å². The Labute approximate surface area is 177 Å². The molecule has 0 saturated carbocycles. The van der Waals surface area contributed by atoms with Crippen LogP contribution in [-0.2, 0) is 6.61 Å². The minimum atomic E-state index is 0.0495. The molecule has 2 aromatic rings. The molecule has 2 aromatic carbocycles. The Hall–Kier alpha value is -1.84. The molecule has 0 bridgehead atoms. The highest BCUT2D eigenvalue weighted by atomic mass is 16.5. The average Bonchev–Trinajstić information content (AvgIpc) is 2.72. The van der Waals surface area contributed by atoms with Gasteiger partial charge in [-0.15, -0.1) is 0 Å². The zero-order chi connectivity index (χ0) is 21.2. The summed E-state index contributed by atoms with van der Waals surface area (Å²) >= 11 is 0. The van der Waals surface area contributed by atoms with Crippen LogP contribution < -0.4 is 4.74 Å². The molecule has 0 radical (unpaired) electrons. The number of nitrogens with zero attached hydrogens (tertiary/aromatic N) is 1. The van der Waals surface area contributed by atoms with Crippen LogP contribution in [0.4, 0.5) is 0 Å². The van der Waals surface area contributed by atoms with E-state index in [-0.39, 0.29) is 12.5 Å². The predicted molar refractivity (Wildman–Crippen MR) is 123 cm³/mol. The van der Waals surface area contributed by atoms with Gasteiger partial charge in [0.05, 0.1) is 13.2 Å². The van der Waals surface area contributed by atoms with Gasteiger partial charge < -0.3 is 9.84 Å². The molecule has 0 saturated heterocycles. The average molecular weight is 398 g/mol. The zero-order valence-electron chi connectivity index (χ0n) is 18.9. The summed E-state index contributed by atoms with van der Waals surface area (Å²) < 4.78 is 6.19. The fraction of sp³-hybridized carbons (Fsp3) is 0.538. The van der Waals surface area contributed by atoms with E-state index in [4.69, 9.17) is 4.74 Å². The van der Waals surface area contributed by atoms with Crippen molar-refractivity contribution in [3.63, 3.8) is 0 Å². The summed E-state index contributed by atoms with van der Waals surface area (Å²) in [6.07, 6.45) is 3.18. The van der Waals surface area contributed by atoms with Gasteiger partial charge in [-0.25, -0.2) is 0 Å². The molecule has 1 N–H and O–H groups in total. The maximum absolute atomic E-state index is 9.73. The van der Waals surface area contributed by atoms with Crippen LogP contribution in [0.5, 0.6) is 5.75 Å². The lowest BCUT2D eigenvalue weighted by atomic mass is 9.86. The Morgan fingerprint density at radius 3 is 2.24 bits per heavy atom. The van der Waals surface area contributed by atoms with Crippen LogP contribution in [0.2, 0.25) is 0 Å². The zero-order valence-corrected chi connectivity index (χ0v) is 18.9. The predicted octanol–water partition coefficient (Wildman–Crippen LogP) is 6.00. The van der Waals surface area contributed by atoms with E-state index in [1.807, 2.05) is 12.1 Å². The van der Waals surface area contributed by atoms with Crippen molar-refractivity contribution in [3.05, 3.63) is 65.2 Å². The van der Waals surface area contributed by atoms with Crippen LogP contribution in [-0.4, -0.2) is 35.2 Å². The number of aliphatic hydroxyl groups excluding tert-OH is 1. The first-order valence-electron chi connectivity index (χ1n) is 11.1. The van der Waals surface area contributed by atoms with E-state index < -0.39 is 0 Å². The molecule has 3 heteroatoms. The highest BCUT2D eigenvalue weighted by Gasteiger charge is 2.22. The number of rotatable bonds is 12. The highest BCUT2D eigenvalue weighted by molar-refractivity contribution is 5.44. The van der Waals surface area contributed by atoms with Crippen molar-refractivity contribution in [2.75, 3.05) is 13.2 Å². The van der Waals surface area contributed by atoms with Gasteiger partial charge in [0.2, 0.25) is 0 Å². The van der Waals surface area contributed by atoms with Gasteiger partial charge in [-0.2, -0.15) is 0 Å². The fourth-order valence-electron chi connectivity index (χ4n) is 4.00. The van der Waals surface area contributed by atoms with E-state index in [0.29, 0.717) is 12.1 Å². The van der Waals surface area contributed by atoms with Crippen molar-refractivity contribution in [1.82, 2.24) is 4.90 Å². The second-order valence-corrected chi connectivity index (χ2v) is 8.41. The number of ether oxygens (including phenoxy) is 1. The van der Waals surface area contributed by atoms with Crippen LogP contribution in [0.3, 0.4) is 0 Å². The number of benzene rings is 2. The normalized spacial score (nSPS) is 12.7. The van der Waals surface area contributed by atoms with Crippen LogP contribution in [0.25, 0.3) is 0 Å². The molecule has 0 unspecified atom stereocenters.